The van der Waals surface area contributed by atoms with E-state index in [4.69, 9.17) is 18.0 Å². The van der Waals surface area contributed by atoms with Gasteiger partial charge in [0.15, 0.2) is 0 Å². The molecule has 0 aromatic carbocycles. The van der Waals surface area contributed by atoms with E-state index in [2.05, 4.69) is 0 Å². The van der Waals surface area contributed by atoms with Crippen LogP contribution >= 0.6 is 12.2 Å². The van der Waals surface area contributed by atoms with Crippen molar-refractivity contribution in [3.63, 3.8) is 0 Å². The van der Waals surface area contributed by atoms with Crippen molar-refractivity contribution < 1.29 is 8.42 Å². The average Bonchev–Trinajstić information content (AvgIpc) is 2.66. The molecular formula is C9H19N3O2S2. The molecule has 0 atom stereocenters. The van der Waals surface area contributed by atoms with Gasteiger partial charge in [-0.15, -0.1) is 0 Å². The molecular weight excluding hydrogens is 246 g/mol. The lowest BCUT2D eigenvalue weighted by Gasteiger charge is -2.29. The van der Waals surface area contributed by atoms with Gasteiger partial charge in [-0.3, -0.25) is 0 Å². The Morgan fingerprint density at radius 1 is 1.44 bits per heavy atom. The van der Waals surface area contributed by atoms with Crippen LogP contribution in [-0.2, 0) is 10.2 Å². The van der Waals surface area contributed by atoms with E-state index in [1.54, 1.807) is 0 Å². The van der Waals surface area contributed by atoms with Crippen LogP contribution in [0.25, 0.3) is 0 Å². The Morgan fingerprint density at radius 2 is 1.94 bits per heavy atom. The van der Waals surface area contributed by atoms with Gasteiger partial charge in [-0.25, -0.2) is 0 Å². The van der Waals surface area contributed by atoms with E-state index in [0.29, 0.717) is 13.1 Å². The van der Waals surface area contributed by atoms with Crippen LogP contribution in [0.4, 0.5) is 0 Å². The molecule has 0 bridgehead atoms. The van der Waals surface area contributed by atoms with Crippen LogP contribution < -0.4 is 5.73 Å². The summed E-state index contributed by atoms with van der Waals surface area (Å²) < 4.78 is 27.4. The van der Waals surface area contributed by atoms with E-state index < -0.39 is 10.2 Å². The molecule has 0 radical (unpaired) electrons. The van der Waals surface area contributed by atoms with Crippen molar-refractivity contribution in [3.8, 4) is 0 Å². The minimum Gasteiger partial charge on any atom is -0.392 e. The highest BCUT2D eigenvalue weighted by Gasteiger charge is 2.33. The first kappa shape index (κ1) is 13.8. The zero-order valence-corrected chi connectivity index (χ0v) is 11.4. The van der Waals surface area contributed by atoms with E-state index in [1.807, 2.05) is 13.8 Å². The maximum atomic E-state index is 12.2. The van der Waals surface area contributed by atoms with Gasteiger partial charge >= 0.3 is 0 Å². The molecule has 1 heterocycles. The molecule has 0 aromatic rings. The zero-order chi connectivity index (χ0) is 12.3. The van der Waals surface area contributed by atoms with Crippen LogP contribution in [0.1, 0.15) is 26.7 Å². The third-order valence-corrected chi connectivity index (χ3v) is 4.87. The molecule has 0 aliphatic carbocycles. The molecule has 0 aromatic heterocycles. The number of hydrogen-bond acceptors (Lipinski definition) is 3. The van der Waals surface area contributed by atoms with E-state index >= 15 is 0 Å². The summed E-state index contributed by atoms with van der Waals surface area (Å²) in [7, 11) is -3.40. The number of hydrogen-bond donors (Lipinski definition) is 1. The van der Waals surface area contributed by atoms with Gasteiger partial charge in [-0.05, 0) is 26.7 Å². The fraction of sp³-hybridized carbons (Fsp3) is 0.889. The Balaban J connectivity index is 2.87. The lowest BCUT2D eigenvalue weighted by molar-refractivity contribution is 0.345. The van der Waals surface area contributed by atoms with Crippen molar-refractivity contribution in [1.29, 1.82) is 0 Å². The van der Waals surface area contributed by atoms with Crippen molar-refractivity contribution >= 4 is 27.4 Å². The summed E-state index contributed by atoms with van der Waals surface area (Å²) in [5.74, 6) is 0. The number of rotatable bonds is 5. The standard InChI is InChI=1S/C9H19N3O2S2/c1-8(2)12(7-9(10)15)16(13,14)11-5-3-4-6-11/h8H,3-7H2,1-2H3,(H2,10,15). The minimum absolute atomic E-state index is 0.117. The van der Waals surface area contributed by atoms with E-state index in [9.17, 15) is 8.42 Å². The summed E-state index contributed by atoms with van der Waals surface area (Å²) in [5.41, 5.74) is 5.43. The lowest BCUT2D eigenvalue weighted by atomic mass is 10.4. The Labute approximate surface area is 103 Å². The molecule has 0 unspecified atom stereocenters. The van der Waals surface area contributed by atoms with Gasteiger partial charge in [0.25, 0.3) is 10.2 Å². The smallest absolute Gasteiger partial charge is 0.282 e. The third kappa shape index (κ3) is 3.13. The number of nitrogens with zero attached hydrogens (tertiary/aromatic N) is 2. The summed E-state index contributed by atoms with van der Waals surface area (Å²) in [4.78, 5) is 0.205. The van der Waals surface area contributed by atoms with Crippen molar-refractivity contribution in [2.45, 2.75) is 32.7 Å². The second-order valence-electron chi connectivity index (χ2n) is 4.22. The molecule has 94 valence electrons. The molecule has 5 nitrogen and oxygen atoms in total. The maximum absolute atomic E-state index is 12.2. The van der Waals surface area contributed by atoms with Gasteiger partial charge in [-0.2, -0.15) is 17.0 Å². The van der Waals surface area contributed by atoms with Crippen molar-refractivity contribution in [3.05, 3.63) is 0 Å². The van der Waals surface area contributed by atoms with Crippen molar-refractivity contribution in [2.24, 2.45) is 5.73 Å². The summed E-state index contributed by atoms with van der Waals surface area (Å²) >= 11 is 4.79. The largest absolute Gasteiger partial charge is 0.392 e. The van der Waals surface area contributed by atoms with Crippen LogP contribution in [-0.4, -0.2) is 47.7 Å². The van der Waals surface area contributed by atoms with Crippen LogP contribution in [0.15, 0.2) is 0 Å². The predicted octanol–water partition coefficient (Wildman–Crippen LogP) is 0.324. The van der Waals surface area contributed by atoms with Gasteiger partial charge in [0, 0.05) is 19.1 Å². The molecule has 0 spiro atoms. The molecule has 7 heteroatoms. The summed E-state index contributed by atoms with van der Waals surface area (Å²) in [5, 5.41) is 0. The van der Waals surface area contributed by atoms with Crippen molar-refractivity contribution in [2.75, 3.05) is 19.6 Å². The Bertz CT molecular complexity index is 348. The van der Waals surface area contributed by atoms with Gasteiger partial charge in [0.05, 0.1) is 11.5 Å². The van der Waals surface area contributed by atoms with Crippen LogP contribution in [0.5, 0.6) is 0 Å². The number of nitrogens with two attached hydrogens (primary N) is 1. The fourth-order valence-corrected chi connectivity index (χ4v) is 3.82. The Kier molecular flexibility index (Phi) is 4.66. The zero-order valence-electron chi connectivity index (χ0n) is 9.72. The quantitative estimate of drug-likeness (QED) is 0.727. The second-order valence-corrected chi connectivity index (χ2v) is 6.62. The first-order chi connectivity index (χ1) is 7.35. The van der Waals surface area contributed by atoms with Gasteiger partial charge in [0.2, 0.25) is 0 Å². The van der Waals surface area contributed by atoms with Crippen LogP contribution in [0.3, 0.4) is 0 Å². The summed E-state index contributed by atoms with van der Waals surface area (Å²) in [6.45, 7) is 4.97. The summed E-state index contributed by atoms with van der Waals surface area (Å²) in [6, 6.07) is -0.132. The molecule has 16 heavy (non-hydrogen) atoms. The van der Waals surface area contributed by atoms with Crippen molar-refractivity contribution in [1.82, 2.24) is 8.61 Å². The Morgan fingerprint density at radius 3 is 2.31 bits per heavy atom. The second kappa shape index (κ2) is 5.39. The molecule has 0 amide bonds. The normalized spacial score (nSPS) is 18.5. The topological polar surface area (TPSA) is 66.6 Å². The van der Waals surface area contributed by atoms with Gasteiger partial charge in [-0.1, -0.05) is 12.2 Å². The van der Waals surface area contributed by atoms with Gasteiger partial charge < -0.3 is 5.73 Å². The highest BCUT2D eigenvalue weighted by molar-refractivity contribution is 7.87. The minimum atomic E-state index is -3.40. The molecule has 2 N–H and O–H groups in total. The van der Waals surface area contributed by atoms with Crippen LogP contribution in [0, 0.1) is 0 Å². The predicted molar refractivity (Wildman–Crippen MR) is 68.4 cm³/mol. The van der Waals surface area contributed by atoms with E-state index in [-0.39, 0.29) is 17.6 Å². The molecule has 0 saturated carbocycles. The fourth-order valence-electron chi connectivity index (χ4n) is 1.75. The first-order valence-electron chi connectivity index (χ1n) is 5.41. The lowest BCUT2D eigenvalue weighted by Crippen LogP contribution is -2.48. The number of thiocarbonyl (C=S) groups is 1. The summed E-state index contributed by atoms with van der Waals surface area (Å²) in [6.07, 6.45) is 1.86. The third-order valence-electron chi connectivity index (χ3n) is 2.58. The van der Waals surface area contributed by atoms with E-state index in [0.717, 1.165) is 12.8 Å². The maximum Gasteiger partial charge on any atom is 0.282 e. The van der Waals surface area contributed by atoms with Crippen LogP contribution in [0.2, 0.25) is 0 Å². The molecule has 1 fully saturated rings. The Hall–Kier alpha value is -0.240. The SMILES string of the molecule is CC(C)N(CC(N)=S)S(=O)(=O)N1CCCC1. The first-order valence-corrected chi connectivity index (χ1v) is 7.21. The monoisotopic (exact) mass is 265 g/mol. The average molecular weight is 265 g/mol. The molecule has 1 rings (SSSR count). The van der Waals surface area contributed by atoms with Gasteiger partial charge in [0.1, 0.15) is 0 Å². The highest BCUT2D eigenvalue weighted by atomic mass is 32.2. The highest BCUT2D eigenvalue weighted by Crippen LogP contribution is 2.18. The molecule has 1 aliphatic heterocycles. The molecule has 1 saturated heterocycles. The molecule has 1 aliphatic rings. The van der Waals surface area contributed by atoms with E-state index in [1.165, 1.54) is 8.61 Å².